The van der Waals surface area contributed by atoms with Gasteiger partial charge in [0.2, 0.25) is 0 Å². The summed E-state index contributed by atoms with van der Waals surface area (Å²) in [6.07, 6.45) is 1.51. The second-order valence-electron chi connectivity index (χ2n) is 4.82. The molecule has 5 nitrogen and oxygen atoms in total. The number of ether oxygens (including phenoxy) is 1. The largest absolute Gasteiger partial charge is 0.496 e. The van der Waals surface area contributed by atoms with Gasteiger partial charge >= 0.3 is 0 Å². The number of anilines is 1. The Morgan fingerprint density at radius 3 is 2.74 bits per heavy atom. The Kier molecular flexibility index (Phi) is 4.05. The number of nitrogens with zero attached hydrogens (tertiary/aromatic N) is 1. The van der Waals surface area contributed by atoms with Gasteiger partial charge in [-0.3, -0.25) is 9.89 Å². The molecule has 0 aliphatic heterocycles. The fourth-order valence-electron chi connectivity index (χ4n) is 2.25. The third kappa shape index (κ3) is 3.06. The topological polar surface area (TPSA) is 67.0 Å². The number of carbonyl (C=O) groups is 1. The van der Waals surface area contributed by atoms with Crippen LogP contribution in [0.3, 0.4) is 0 Å². The van der Waals surface area contributed by atoms with Crippen LogP contribution < -0.4 is 10.1 Å². The van der Waals surface area contributed by atoms with E-state index in [-0.39, 0.29) is 5.56 Å². The lowest BCUT2D eigenvalue weighted by molar-refractivity contribution is 0.102. The van der Waals surface area contributed by atoms with Crippen LogP contribution in [0.15, 0.2) is 54.7 Å². The molecule has 6 heteroatoms. The number of hydrogen-bond donors (Lipinski definition) is 2. The van der Waals surface area contributed by atoms with Gasteiger partial charge in [-0.25, -0.2) is 4.39 Å². The highest BCUT2D eigenvalue weighted by atomic mass is 19.1. The van der Waals surface area contributed by atoms with E-state index in [9.17, 15) is 9.18 Å². The van der Waals surface area contributed by atoms with Crippen LogP contribution in [0.5, 0.6) is 5.75 Å². The maximum Gasteiger partial charge on any atom is 0.259 e. The van der Waals surface area contributed by atoms with Crippen LogP contribution in [0.4, 0.5) is 10.1 Å². The summed E-state index contributed by atoms with van der Waals surface area (Å²) in [4.78, 5) is 12.4. The molecule has 0 aliphatic rings. The molecule has 23 heavy (non-hydrogen) atoms. The molecular formula is C17H14FN3O2. The van der Waals surface area contributed by atoms with Gasteiger partial charge in [0.1, 0.15) is 11.6 Å². The average molecular weight is 311 g/mol. The highest BCUT2D eigenvalue weighted by molar-refractivity contribution is 6.07. The first-order valence-electron chi connectivity index (χ1n) is 6.92. The van der Waals surface area contributed by atoms with Crippen LogP contribution in [0.2, 0.25) is 0 Å². The zero-order valence-corrected chi connectivity index (χ0v) is 12.3. The average Bonchev–Trinajstić information content (AvgIpc) is 3.03. The summed E-state index contributed by atoms with van der Waals surface area (Å²) in [5.74, 6) is -0.681. The summed E-state index contributed by atoms with van der Waals surface area (Å²) in [5, 5.41) is 9.54. The Hall–Kier alpha value is -3.15. The van der Waals surface area contributed by atoms with Crippen molar-refractivity contribution >= 4 is 11.6 Å². The van der Waals surface area contributed by atoms with E-state index in [4.69, 9.17) is 4.74 Å². The molecule has 0 fully saturated rings. The quantitative estimate of drug-likeness (QED) is 0.775. The zero-order valence-electron chi connectivity index (χ0n) is 12.3. The molecule has 1 heterocycles. The molecule has 0 unspecified atom stereocenters. The number of benzene rings is 2. The monoisotopic (exact) mass is 311 g/mol. The van der Waals surface area contributed by atoms with Gasteiger partial charge in [0.15, 0.2) is 0 Å². The SMILES string of the molecule is COc1ccc(F)cc1C(=O)Nc1cn[nH]c1-c1ccccc1. The molecule has 0 saturated heterocycles. The first kappa shape index (κ1) is 14.8. The third-order valence-corrected chi connectivity index (χ3v) is 3.36. The van der Waals surface area contributed by atoms with Gasteiger partial charge in [-0.1, -0.05) is 30.3 Å². The fraction of sp³-hybridized carbons (Fsp3) is 0.0588. The first-order valence-corrected chi connectivity index (χ1v) is 6.92. The van der Waals surface area contributed by atoms with E-state index in [2.05, 4.69) is 15.5 Å². The number of halogens is 1. The molecule has 0 spiro atoms. The maximum atomic E-state index is 13.4. The molecule has 3 rings (SSSR count). The Morgan fingerprint density at radius 1 is 1.22 bits per heavy atom. The molecule has 0 atom stereocenters. The maximum absolute atomic E-state index is 13.4. The van der Waals surface area contributed by atoms with Crippen molar-refractivity contribution in [3.05, 3.63) is 66.1 Å². The second kappa shape index (κ2) is 6.31. The minimum absolute atomic E-state index is 0.118. The number of rotatable bonds is 4. The summed E-state index contributed by atoms with van der Waals surface area (Å²) in [5.41, 5.74) is 2.18. The minimum atomic E-state index is -0.508. The summed E-state index contributed by atoms with van der Waals surface area (Å²) in [6.45, 7) is 0. The summed E-state index contributed by atoms with van der Waals surface area (Å²) in [6, 6.07) is 13.2. The van der Waals surface area contributed by atoms with Crippen molar-refractivity contribution in [3.8, 4) is 17.0 Å². The van der Waals surface area contributed by atoms with Crippen molar-refractivity contribution in [2.45, 2.75) is 0 Å². The van der Waals surface area contributed by atoms with Gasteiger partial charge in [0.25, 0.3) is 5.91 Å². The lowest BCUT2D eigenvalue weighted by Gasteiger charge is -2.09. The van der Waals surface area contributed by atoms with E-state index in [0.29, 0.717) is 17.1 Å². The number of aromatic nitrogens is 2. The van der Waals surface area contributed by atoms with Crippen molar-refractivity contribution in [1.82, 2.24) is 10.2 Å². The molecule has 0 radical (unpaired) electrons. The van der Waals surface area contributed by atoms with E-state index >= 15 is 0 Å². The molecular weight excluding hydrogens is 297 g/mol. The van der Waals surface area contributed by atoms with E-state index in [1.807, 2.05) is 30.3 Å². The van der Waals surface area contributed by atoms with E-state index < -0.39 is 11.7 Å². The molecule has 0 saturated carbocycles. The second-order valence-corrected chi connectivity index (χ2v) is 4.82. The highest BCUT2D eigenvalue weighted by Crippen LogP contribution is 2.27. The number of methoxy groups -OCH3 is 1. The predicted octanol–water partition coefficient (Wildman–Crippen LogP) is 3.48. The Bertz CT molecular complexity index is 831. The molecule has 1 amide bonds. The number of amides is 1. The summed E-state index contributed by atoms with van der Waals surface area (Å²) >= 11 is 0. The van der Waals surface area contributed by atoms with Gasteiger partial charge in [-0.2, -0.15) is 5.10 Å². The molecule has 2 aromatic carbocycles. The van der Waals surface area contributed by atoms with Crippen LogP contribution in [0.1, 0.15) is 10.4 Å². The summed E-state index contributed by atoms with van der Waals surface area (Å²) < 4.78 is 18.5. The van der Waals surface area contributed by atoms with Gasteiger partial charge in [-0.05, 0) is 18.2 Å². The van der Waals surface area contributed by atoms with Crippen LogP contribution in [0.25, 0.3) is 11.3 Å². The van der Waals surface area contributed by atoms with Gasteiger partial charge in [0.05, 0.1) is 30.3 Å². The van der Waals surface area contributed by atoms with Crippen LogP contribution in [-0.4, -0.2) is 23.2 Å². The van der Waals surface area contributed by atoms with Crippen molar-refractivity contribution in [3.63, 3.8) is 0 Å². The van der Waals surface area contributed by atoms with Crippen molar-refractivity contribution in [2.24, 2.45) is 0 Å². The van der Waals surface area contributed by atoms with Gasteiger partial charge < -0.3 is 10.1 Å². The van der Waals surface area contributed by atoms with Crippen LogP contribution in [-0.2, 0) is 0 Å². The smallest absolute Gasteiger partial charge is 0.259 e. The normalized spacial score (nSPS) is 10.3. The lowest BCUT2D eigenvalue weighted by Crippen LogP contribution is -2.13. The lowest BCUT2D eigenvalue weighted by atomic mass is 10.1. The summed E-state index contributed by atoms with van der Waals surface area (Å²) in [7, 11) is 1.43. The number of H-pyrrole nitrogens is 1. The highest BCUT2D eigenvalue weighted by Gasteiger charge is 2.16. The van der Waals surface area contributed by atoms with E-state index in [1.165, 1.54) is 25.4 Å². The van der Waals surface area contributed by atoms with Crippen LogP contribution >= 0.6 is 0 Å². The van der Waals surface area contributed by atoms with Crippen LogP contribution in [0, 0.1) is 5.82 Å². The number of hydrogen-bond acceptors (Lipinski definition) is 3. The van der Waals surface area contributed by atoms with E-state index in [1.54, 1.807) is 0 Å². The third-order valence-electron chi connectivity index (χ3n) is 3.36. The Labute approximate surface area is 132 Å². The molecule has 0 bridgehead atoms. The predicted molar refractivity (Wildman–Crippen MR) is 84.9 cm³/mol. The van der Waals surface area contributed by atoms with Gasteiger partial charge in [0, 0.05) is 5.56 Å². The van der Waals surface area contributed by atoms with Crippen molar-refractivity contribution in [2.75, 3.05) is 12.4 Å². The molecule has 0 aliphatic carbocycles. The van der Waals surface area contributed by atoms with E-state index in [0.717, 1.165) is 11.6 Å². The van der Waals surface area contributed by atoms with Crippen molar-refractivity contribution < 1.29 is 13.9 Å². The minimum Gasteiger partial charge on any atom is -0.496 e. The standard InChI is InChI=1S/C17H14FN3O2/c1-23-15-8-7-12(18)9-13(15)17(22)20-14-10-19-21-16(14)11-5-3-2-4-6-11/h2-10H,1H3,(H,19,21)(H,20,22). The number of aromatic amines is 1. The van der Waals surface area contributed by atoms with Crippen molar-refractivity contribution in [1.29, 1.82) is 0 Å². The molecule has 1 aromatic heterocycles. The number of carbonyl (C=O) groups excluding carboxylic acids is 1. The zero-order chi connectivity index (χ0) is 16.2. The number of nitrogens with one attached hydrogen (secondary N) is 2. The molecule has 3 aromatic rings. The fourth-order valence-corrected chi connectivity index (χ4v) is 2.25. The Morgan fingerprint density at radius 2 is 2.00 bits per heavy atom. The first-order chi connectivity index (χ1) is 11.2. The Balaban J connectivity index is 1.91. The van der Waals surface area contributed by atoms with Gasteiger partial charge in [-0.15, -0.1) is 0 Å². The molecule has 2 N–H and O–H groups in total. The molecule has 116 valence electrons.